The van der Waals surface area contributed by atoms with E-state index in [0.29, 0.717) is 22.8 Å². The fraction of sp³-hybridized carbons (Fsp3) is 0.391. The molecule has 1 aromatic carbocycles. The van der Waals surface area contributed by atoms with E-state index in [9.17, 15) is 14.7 Å². The molecule has 1 amide bonds. The summed E-state index contributed by atoms with van der Waals surface area (Å²) in [7, 11) is 4.42. The predicted molar refractivity (Wildman–Crippen MR) is 114 cm³/mol. The first-order valence-corrected chi connectivity index (χ1v) is 10.1. The second-order valence-electron chi connectivity index (χ2n) is 7.35. The van der Waals surface area contributed by atoms with Gasteiger partial charge in [-0.3, -0.25) is 9.59 Å². The summed E-state index contributed by atoms with van der Waals surface area (Å²) in [4.78, 5) is 27.6. The third-order valence-electron chi connectivity index (χ3n) is 5.08. The third-order valence-corrected chi connectivity index (χ3v) is 5.08. The maximum atomic E-state index is 13.2. The molecule has 9 nitrogen and oxygen atoms in total. The van der Waals surface area contributed by atoms with Gasteiger partial charge in [0.1, 0.15) is 0 Å². The average molecular weight is 445 g/mol. The van der Waals surface area contributed by atoms with Crippen LogP contribution in [0.4, 0.5) is 0 Å². The van der Waals surface area contributed by atoms with E-state index in [-0.39, 0.29) is 30.6 Å². The second-order valence-corrected chi connectivity index (χ2v) is 7.35. The minimum absolute atomic E-state index is 0.0112. The minimum atomic E-state index is -0.912. The molecule has 1 aliphatic heterocycles. The number of methoxy groups -OCH3 is 3. The zero-order chi connectivity index (χ0) is 23.4. The molecule has 172 valence electrons. The van der Waals surface area contributed by atoms with Crippen molar-refractivity contribution in [3.8, 4) is 17.2 Å². The number of ether oxygens (including phenoxy) is 4. The van der Waals surface area contributed by atoms with Crippen molar-refractivity contribution in [2.24, 2.45) is 0 Å². The number of ketones is 1. The normalized spacial score (nSPS) is 16.1. The summed E-state index contributed by atoms with van der Waals surface area (Å²) < 4.78 is 27.1. The highest BCUT2D eigenvalue weighted by atomic mass is 16.5. The van der Waals surface area contributed by atoms with Crippen molar-refractivity contribution >= 4 is 11.7 Å². The molecule has 0 fully saturated rings. The molecule has 0 spiro atoms. The highest BCUT2D eigenvalue weighted by molar-refractivity contribution is 6.15. The van der Waals surface area contributed by atoms with Crippen LogP contribution in [0.25, 0.3) is 0 Å². The van der Waals surface area contributed by atoms with Crippen molar-refractivity contribution in [1.82, 2.24) is 4.90 Å². The third kappa shape index (κ3) is 4.29. The molecule has 0 radical (unpaired) electrons. The number of rotatable bonds is 10. The topological polar surface area (TPSA) is 108 Å². The monoisotopic (exact) mass is 445 g/mol. The largest absolute Gasteiger partial charge is 0.503 e. The molecule has 2 aromatic rings. The molecule has 32 heavy (non-hydrogen) atoms. The fourth-order valence-corrected chi connectivity index (χ4v) is 3.65. The Balaban J connectivity index is 2.13. The first-order chi connectivity index (χ1) is 15.3. The number of hydrogen-bond donors (Lipinski definition) is 1. The molecule has 0 saturated heterocycles. The van der Waals surface area contributed by atoms with E-state index < -0.39 is 23.5 Å². The van der Waals surface area contributed by atoms with Gasteiger partial charge in [0.2, 0.25) is 11.5 Å². The van der Waals surface area contributed by atoms with Crippen LogP contribution in [0.3, 0.4) is 0 Å². The Morgan fingerprint density at radius 3 is 2.31 bits per heavy atom. The second kappa shape index (κ2) is 9.78. The van der Waals surface area contributed by atoms with Crippen LogP contribution in [-0.4, -0.2) is 62.3 Å². The lowest BCUT2D eigenvalue weighted by Gasteiger charge is -2.28. The van der Waals surface area contributed by atoms with Crippen molar-refractivity contribution in [2.75, 3.05) is 34.5 Å². The van der Waals surface area contributed by atoms with Gasteiger partial charge in [-0.1, -0.05) is 0 Å². The molecule has 1 atom stereocenters. The SMILES string of the molecule is COc1cc(C2C(C(=O)c3ccco3)=C(O)C(=O)N2CCOC(C)C)cc(OC)c1OC. The van der Waals surface area contributed by atoms with Crippen LogP contribution in [0.5, 0.6) is 17.2 Å². The Morgan fingerprint density at radius 2 is 1.81 bits per heavy atom. The van der Waals surface area contributed by atoms with Gasteiger partial charge in [0, 0.05) is 6.54 Å². The van der Waals surface area contributed by atoms with Gasteiger partial charge >= 0.3 is 0 Å². The van der Waals surface area contributed by atoms with E-state index in [0.717, 1.165) is 0 Å². The van der Waals surface area contributed by atoms with Crippen molar-refractivity contribution in [2.45, 2.75) is 26.0 Å². The summed E-state index contributed by atoms with van der Waals surface area (Å²) in [6.45, 7) is 4.13. The number of carbonyl (C=O) groups excluding carboxylic acids is 2. The van der Waals surface area contributed by atoms with Crippen LogP contribution in [0.1, 0.15) is 36.0 Å². The summed E-state index contributed by atoms with van der Waals surface area (Å²) in [5.74, 6) is -0.817. The number of hydrogen-bond acceptors (Lipinski definition) is 8. The molecule has 1 aromatic heterocycles. The highest BCUT2D eigenvalue weighted by Crippen LogP contribution is 2.45. The number of nitrogens with zero attached hydrogens (tertiary/aromatic N) is 1. The summed E-state index contributed by atoms with van der Waals surface area (Å²) >= 11 is 0. The number of Topliss-reactive ketones (excluding diaryl/α,β-unsaturated/α-hetero) is 1. The van der Waals surface area contributed by atoms with Crippen molar-refractivity contribution in [3.05, 3.63) is 53.2 Å². The van der Waals surface area contributed by atoms with E-state index in [1.807, 2.05) is 13.8 Å². The quantitative estimate of drug-likeness (QED) is 0.555. The summed E-state index contributed by atoms with van der Waals surface area (Å²) in [6.07, 6.45) is 1.31. The number of aliphatic hydroxyl groups is 1. The van der Waals surface area contributed by atoms with Crippen LogP contribution in [0.2, 0.25) is 0 Å². The zero-order valence-electron chi connectivity index (χ0n) is 18.7. The van der Waals surface area contributed by atoms with Crippen LogP contribution in [-0.2, 0) is 9.53 Å². The van der Waals surface area contributed by atoms with Gasteiger partial charge in [0.05, 0.1) is 51.9 Å². The standard InChI is InChI=1S/C23H27NO8/c1-13(2)31-10-8-24-19(14-11-16(28-3)22(30-5)17(12-14)29-4)18(21(26)23(24)27)20(25)15-7-6-9-32-15/h6-7,9,11-13,19,26H,8,10H2,1-5H3. The Bertz CT molecular complexity index is 984. The van der Waals surface area contributed by atoms with E-state index in [1.54, 1.807) is 18.2 Å². The molecule has 2 heterocycles. The molecule has 1 aliphatic rings. The van der Waals surface area contributed by atoms with Crippen molar-refractivity contribution in [3.63, 3.8) is 0 Å². The van der Waals surface area contributed by atoms with Crippen molar-refractivity contribution in [1.29, 1.82) is 0 Å². The lowest BCUT2D eigenvalue weighted by Crippen LogP contribution is -2.34. The number of aliphatic hydroxyl groups excluding tert-OH is 1. The van der Waals surface area contributed by atoms with Crippen molar-refractivity contribution < 1.29 is 38.1 Å². The van der Waals surface area contributed by atoms with E-state index >= 15 is 0 Å². The molecule has 3 rings (SSSR count). The molecule has 0 aliphatic carbocycles. The Hall–Kier alpha value is -3.46. The minimum Gasteiger partial charge on any atom is -0.503 e. The van der Waals surface area contributed by atoms with Gasteiger partial charge in [-0.05, 0) is 43.7 Å². The Morgan fingerprint density at radius 1 is 1.16 bits per heavy atom. The fourth-order valence-electron chi connectivity index (χ4n) is 3.65. The van der Waals surface area contributed by atoms with E-state index in [2.05, 4.69) is 0 Å². The first kappa shape index (κ1) is 23.2. The number of carbonyl (C=O) groups is 2. The first-order valence-electron chi connectivity index (χ1n) is 10.1. The number of furan rings is 1. The molecule has 1 unspecified atom stereocenters. The highest BCUT2D eigenvalue weighted by Gasteiger charge is 2.44. The Kier molecular flexibility index (Phi) is 7.09. The summed E-state index contributed by atoms with van der Waals surface area (Å²) in [5, 5.41) is 10.7. The van der Waals surface area contributed by atoms with E-state index in [4.69, 9.17) is 23.4 Å². The molecule has 9 heteroatoms. The smallest absolute Gasteiger partial charge is 0.290 e. The van der Waals surface area contributed by atoms with Gasteiger partial charge in [0.15, 0.2) is 23.0 Å². The molecule has 1 N–H and O–H groups in total. The van der Waals surface area contributed by atoms with Gasteiger partial charge in [-0.15, -0.1) is 0 Å². The van der Waals surface area contributed by atoms with Crippen LogP contribution >= 0.6 is 0 Å². The molecular weight excluding hydrogens is 418 g/mol. The lowest BCUT2D eigenvalue weighted by atomic mass is 9.94. The lowest BCUT2D eigenvalue weighted by molar-refractivity contribution is -0.130. The van der Waals surface area contributed by atoms with Crippen LogP contribution in [0.15, 0.2) is 46.3 Å². The van der Waals surface area contributed by atoms with Gasteiger partial charge in [-0.25, -0.2) is 0 Å². The Labute approximate surface area is 186 Å². The summed E-state index contributed by atoms with van der Waals surface area (Å²) in [6, 6.07) is 5.41. The summed E-state index contributed by atoms with van der Waals surface area (Å²) in [5.41, 5.74) is 0.403. The molecule has 0 saturated carbocycles. The van der Waals surface area contributed by atoms with E-state index in [1.165, 1.54) is 38.6 Å². The molecular formula is C23H27NO8. The molecule has 0 bridgehead atoms. The maximum Gasteiger partial charge on any atom is 0.290 e. The van der Waals surface area contributed by atoms with Gasteiger partial charge in [0.25, 0.3) is 5.91 Å². The van der Waals surface area contributed by atoms with Crippen LogP contribution in [0, 0.1) is 0 Å². The van der Waals surface area contributed by atoms with Gasteiger partial charge < -0.3 is 33.4 Å². The number of amides is 1. The average Bonchev–Trinajstić information content (AvgIpc) is 3.40. The van der Waals surface area contributed by atoms with Crippen LogP contribution < -0.4 is 14.2 Å². The number of benzene rings is 1. The zero-order valence-corrected chi connectivity index (χ0v) is 18.7. The van der Waals surface area contributed by atoms with Gasteiger partial charge in [-0.2, -0.15) is 0 Å². The maximum absolute atomic E-state index is 13.2. The predicted octanol–water partition coefficient (Wildman–Crippen LogP) is 3.31.